The lowest BCUT2D eigenvalue weighted by molar-refractivity contribution is -0.118. The number of carbonyl (C=O) groups is 3. The molecule has 9 nitrogen and oxygen atoms in total. The van der Waals surface area contributed by atoms with Gasteiger partial charge >= 0.3 is 6.09 Å². The summed E-state index contributed by atoms with van der Waals surface area (Å²) >= 11 is 0. The summed E-state index contributed by atoms with van der Waals surface area (Å²) in [7, 11) is 0. The summed E-state index contributed by atoms with van der Waals surface area (Å²) < 4.78 is 15.6. The molecule has 0 aliphatic carbocycles. The van der Waals surface area contributed by atoms with Crippen LogP contribution in [0, 0.1) is 18.7 Å². The van der Waals surface area contributed by atoms with Crippen molar-refractivity contribution in [3.63, 3.8) is 0 Å². The fraction of sp³-hybridized carbons (Fsp3) is 0.400. The number of rotatable bonds is 14. The smallest absolute Gasteiger partial charge is 0.404 e. The van der Waals surface area contributed by atoms with E-state index >= 15 is 4.39 Å². The van der Waals surface area contributed by atoms with Gasteiger partial charge in [-0.15, -0.1) is 0 Å². The Morgan fingerprint density at radius 2 is 1.80 bits per heavy atom. The zero-order valence-corrected chi connectivity index (χ0v) is 25.7. The molecule has 2 atom stereocenters. The Labute approximate surface area is 263 Å². The van der Waals surface area contributed by atoms with Crippen LogP contribution >= 0.6 is 0 Å². The largest absolute Gasteiger partial charge is 0.465 e. The maximum absolute atomic E-state index is 15.6. The third-order valence-corrected chi connectivity index (χ3v) is 8.49. The number of nitrogens with one attached hydrogen (secondary N) is 2. The van der Waals surface area contributed by atoms with Gasteiger partial charge in [-0.25, -0.2) is 9.18 Å². The Balaban J connectivity index is 1.56. The van der Waals surface area contributed by atoms with Crippen LogP contribution < -0.4 is 16.4 Å². The molecule has 3 aromatic rings. The average Bonchev–Trinajstić information content (AvgIpc) is 3.02. The lowest BCUT2D eigenvalue weighted by Crippen LogP contribution is -2.48. The molecule has 10 heteroatoms. The Morgan fingerprint density at radius 1 is 1.04 bits per heavy atom. The van der Waals surface area contributed by atoms with Crippen LogP contribution in [-0.2, 0) is 16.9 Å². The zero-order chi connectivity index (χ0) is 32.4. The summed E-state index contributed by atoms with van der Waals surface area (Å²) in [6.07, 6.45) is 1.64. The van der Waals surface area contributed by atoms with Crippen LogP contribution in [0.25, 0.3) is 11.1 Å². The third kappa shape index (κ3) is 8.89. The zero-order valence-electron chi connectivity index (χ0n) is 25.7. The number of benzene rings is 3. The molecule has 1 aliphatic rings. The van der Waals surface area contributed by atoms with Crippen LogP contribution in [-0.4, -0.2) is 59.2 Å². The van der Waals surface area contributed by atoms with E-state index in [2.05, 4.69) is 10.6 Å². The first kappa shape index (κ1) is 33.6. The number of amides is 3. The van der Waals surface area contributed by atoms with E-state index in [4.69, 9.17) is 10.8 Å². The maximum Gasteiger partial charge on any atom is 0.404 e. The second-order valence-corrected chi connectivity index (χ2v) is 11.8. The molecule has 3 aromatic carbocycles. The first-order valence-corrected chi connectivity index (χ1v) is 15.5. The van der Waals surface area contributed by atoms with E-state index < -0.39 is 23.4 Å². The van der Waals surface area contributed by atoms with Gasteiger partial charge < -0.3 is 31.5 Å². The SMILES string of the molecule is Cc1cccc(-c2c(F)cccc2C(O)(CCCNC(=O)O)C2CCCN(C(=O)c3ccc(CNCCCC(N)=O)cc3)C2)c1. The summed E-state index contributed by atoms with van der Waals surface area (Å²) in [6.45, 7) is 4.12. The molecule has 45 heavy (non-hydrogen) atoms. The van der Waals surface area contributed by atoms with Gasteiger partial charge in [-0.3, -0.25) is 9.59 Å². The van der Waals surface area contributed by atoms with Crippen LogP contribution in [0.5, 0.6) is 0 Å². The highest BCUT2D eigenvalue weighted by Gasteiger charge is 2.43. The van der Waals surface area contributed by atoms with Crippen LogP contribution in [0.15, 0.2) is 66.7 Å². The van der Waals surface area contributed by atoms with Crippen LogP contribution in [0.3, 0.4) is 0 Å². The first-order chi connectivity index (χ1) is 21.6. The molecule has 240 valence electrons. The van der Waals surface area contributed by atoms with E-state index in [9.17, 15) is 19.5 Å². The normalized spacial score (nSPS) is 16.2. The number of carboxylic acid groups (broad SMARTS) is 1. The highest BCUT2D eigenvalue weighted by atomic mass is 19.1. The molecule has 0 radical (unpaired) electrons. The van der Waals surface area contributed by atoms with Crippen molar-refractivity contribution >= 4 is 17.9 Å². The fourth-order valence-corrected chi connectivity index (χ4v) is 6.21. The Hall–Kier alpha value is -4.28. The van der Waals surface area contributed by atoms with Crippen molar-refractivity contribution in [1.82, 2.24) is 15.5 Å². The molecule has 0 aromatic heterocycles. The number of carbonyl (C=O) groups excluding carboxylic acids is 2. The predicted octanol–water partition coefficient (Wildman–Crippen LogP) is 4.94. The van der Waals surface area contributed by atoms with Gasteiger partial charge in [-0.2, -0.15) is 0 Å². The fourth-order valence-electron chi connectivity index (χ4n) is 6.21. The molecule has 0 saturated carbocycles. The topological polar surface area (TPSA) is 145 Å². The minimum absolute atomic E-state index is 0.133. The van der Waals surface area contributed by atoms with Gasteiger partial charge in [0.1, 0.15) is 5.82 Å². The number of nitrogens with zero attached hydrogens (tertiary/aromatic N) is 1. The number of halogens is 1. The Morgan fingerprint density at radius 3 is 2.51 bits per heavy atom. The van der Waals surface area contributed by atoms with Gasteiger partial charge in [0.15, 0.2) is 0 Å². The van der Waals surface area contributed by atoms with Crippen molar-refractivity contribution in [3.05, 3.63) is 94.8 Å². The molecular formula is C35H43FN4O5. The van der Waals surface area contributed by atoms with E-state index in [-0.39, 0.29) is 31.3 Å². The number of hydrogen-bond acceptors (Lipinski definition) is 5. The van der Waals surface area contributed by atoms with Crippen molar-refractivity contribution < 1.29 is 29.0 Å². The molecule has 1 heterocycles. The van der Waals surface area contributed by atoms with E-state index in [1.165, 1.54) is 6.07 Å². The van der Waals surface area contributed by atoms with Gasteiger partial charge in [0.25, 0.3) is 5.91 Å². The second kappa shape index (κ2) is 15.6. The van der Waals surface area contributed by atoms with Crippen LogP contribution in [0.4, 0.5) is 9.18 Å². The molecule has 3 amide bonds. The number of aryl methyl sites for hydroxylation is 1. The third-order valence-electron chi connectivity index (χ3n) is 8.49. The van der Waals surface area contributed by atoms with Crippen molar-refractivity contribution in [3.8, 4) is 11.1 Å². The quantitative estimate of drug-likeness (QED) is 0.162. The van der Waals surface area contributed by atoms with Crippen LogP contribution in [0.1, 0.15) is 65.6 Å². The van der Waals surface area contributed by atoms with Gasteiger partial charge in [0.2, 0.25) is 5.91 Å². The predicted molar refractivity (Wildman–Crippen MR) is 171 cm³/mol. The van der Waals surface area contributed by atoms with Crippen molar-refractivity contribution in [1.29, 1.82) is 0 Å². The van der Waals surface area contributed by atoms with E-state index in [0.717, 1.165) is 11.1 Å². The van der Waals surface area contributed by atoms with E-state index in [1.807, 2.05) is 43.3 Å². The monoisotopic (exact) mass is 618 g/mol. The second-order valence-electron chi connectivity index (χ2n) is 11.8. The highest BCUT2D eigenvalue weighted by molar-refractivity contribution is 5.94. The molecular weight excluding hydrogens is 575 g/mol. The molecule has 0 spiro atoms. The standard InChI is InChI=1S/C35H43FN4O5/c1-24-7-2-8-27(21-24)32-29(10-3-11-30(32)36)35(45,17-6-19-39-34(43)44)28-9-5-20-40(23-28)33(42)26-15-13-25(14-16-26)22-38-18-4-12-31(37)41/h2-3,7-8,10-11,13-16,21,28,38-39,45H,4-6,9,12,17-20,22-23H2,1H3,(H2,37,41)(H,43,44). The molecule has 4 rings (SSSR count). The summed E-state index contributed by atoms with van der Waals surface area (Å²) in [4.78, 5) is 37.4. The number of aliphatic hydroxyl groups is 1. The Kier molecular flexibility index (Phi) is 11.7. The van der Waals surface area contributed by atoms with E-state index in [1.54, 1.807) is 29.2 Å². The maximum atomic E-state index is 15.6. The Bertz CT molecular complexity index is 1480. The van der Waals surface area contributed by atoms with E-state index in [0.29, 0.717) is 74.0 Å². The molecule has 6 N–H and O–H groups in total. The molecule has 2 unspecified atom stereocenters. The van der Waals surface area contributed by atoms with Crippen molar-refractivity contribution in [2.24, 2.45) is 11.7 Å². The summed E-state index contributed by atoms with van der Waals surface area (Å²) in [6, 6.07) is 19.5. The number of piperidine rings is 1. The van der Waals surface area contributed by atoms with Gasteiger partial charge in [0, 0.05) is 49.6 Å². The molecule has 1 saturated heterocycles. The molecule has 1 fully saturated rings. The number of hydrogen-bond donors (Lipinski definition) is 5. The highest BCUT2D eigenvalue weighted by Crippen LogP contribution is 2.44. The lowest BCUT2D eigenvalue weighted by atomic mass is 9.72. The molecule has 1 aliphatic heterocycles. The lowest BCUT2D eigenvalue weighted by Gasteiger charge is -2.43. The summed E-state index contributed by atoms with van der Waals surface area (Å²) in [5.74, 6) is -1.33. The van der Waals surface area contributed by atoms with Gasteiger partial charge in [-0.05, 0) is 80.5 Å². The molecule has 0 bridgehead atoms. The van der Waals surface area contributed by atoms with Crippen molar-refractivity contribution in [2.75, 3.05) is 26.2 Å². The summed E-state index contributed by atoms with van der Waals surface area (Å²) in [5.41, 5.74) is 7.55. The van der Waals surface area contributed by atoms with Gasteiger partial charge in [-0.1, -0.05) is 54.1 Å². The summed E-state index contributed by atoms with van der Waals surface area (Å²) in [5, 5.41) is 27.3. The number of primary amides is 1. The minimum atomic E-state index is -1.52. The number of likely N-dealkylation sites (tertiary alicyclic amines) is 1. The van der Waals surface area contributed by atoms with Crippen molar-refractivity contribution in [2.45, 2.75) is 57.6 Å². The number of nitrogens with two attached hydrogens (primary N) is 1. The van der Waals surface area contributed by atoms with Crippen LogP contribution in [0.2, 0.25) is 0 Å². The van der Waals surface area contributed by atoms with Gasteiger partial charge in [0.05, 0.1) is 5.60 Å². The average molecular weight is 619 g/mol. The minimum Gasteiger partial charge on any atom is -0.465 e. The first-order valence-electron chi connectivity index (χ1n) is 15.5.